The zero-order chi connectivity index (χ0) is 15.1. The summed E-state index contributed by atoms with van der Waals surface area (Å²) in [5, 5.41) is 14.0. The van der Waals surface area contributed by atoms with Crippen LogP contribution >= 0.6 is 0 Å². The van der Waals surface area contributed by atoms with E-state index in [4.69, 9.17) is 4.74 Å². The first kappa shape index (κ1) is 15.3. The van der Waals surface area contributed by atoms with Gasteiger partial charge in [0, 0.05) is 13.2 Å². The maximum absolute atomic E-state index is 12.8. The lowest BCUT2D eigenvalue weighted by Gasteiger charge is -2.64. The molecule has 4 heteroatoms. The largest absolute Gasteiger partial charge is 0.390 e. The summed E-state index contributed by atoms with van der Waals surface area (Å²) in [5.74, 6) is 0.686. The average Bonchev–Trinajstić information content (AvgIpc) is 2.41. The summed E-state index contributed by atoms with van der Waals surface area (Å²) < 4.78 is 5.30. The summed E-state index contributed by atoms with van der Waals surface area (Å²) in [7, 11) is 0. The van der Waals surface area contributed by atoms with E-state index in [1.54, 1.807) is 0 Å². The number of nitrogens with one attached hydrogen (secondary N) is 1. The molecule has 4 saturated carbocycles. The molecule has 21 heavy (non-hydrogen) atoms. The van der Waals surface area contributed by atoms with Crippen molar-refractivity contribution in [2.75, 3.05) is 19.8 Å². The third-order valence-electron chi connectivity index (χ3n) is 6.12. The molecule has 0 aliphatic heterocycles. The number of carbonyl (C=O) groups excluding carboxylic acids is 1. The Morgan fingerprint density at radius 1 is 1.24 bits per heavy atom. The molecule has 4 rings (SSSR count). The van der Waals surface area contributed by atoms with Crippen molar-refractivity contribution < 1.29 is 14.6 Å². The van der Waals surface area contributed by atoms with Crippen LogP contribution in [-0.4, -0.2) is 36.4 Å². The molecule has 0 radical (unpaired) electrons. The minimum atomic E-state index is -0.591. The van der Waals surface area contributed by atoms with Gasteiger partial charge in [0.25, 0.3) is 0 Å². The van der Waals surface area contributed by atoms with Gasteiger partial charge >= 0.3 is 0 Å². The van der Waals surface area contributed by atoms with Crippen molar-refractivity contribution in [3.05, 3.63) is 0 Å². The zero-order valence-electron chi connectivity index (χ0n) is 13.4. The minimum Gasteiger partial charge on any atom is -0.390 e. The zero-order valence-corrected chi connectivity index (χ0v) is 13.4. The molecule has 0 aromatic heterocycles. The van der Waals surface area contributed by atoms with Gasteiger partial charge in [-0.2, -0.15) is 0 Å². The molecule has 1 amide bonds. The Hall–Kier alpha value is -0.610. The average molecular weight is 295 g/mol. The minimum absolute atomic E-state index is 0.155. The number of amides is 1. The van der Waals surface area contributed by atoms with E-state index in [-0.39, 0.29) is 16.7 Å². The number of carbonyl (C=O) groups is 1. The van der Waals surface area contributed by atoms with Gasteiger partial charge in [0.1, 0.15) is 0 Å². The van der Waals surface area contributed by atoms with E-state index in [9.17, 15) is 9.90 Å². The predicted molar refractivity (Wildman–Crippen MR) is 80.8 cm³/mol. The van der Waals surface area contributed by atoms with Gasteiger partial charge in [-0.3, -0.25) is 4.79 Å². The number of hydrogen-bond acceptors (Lipinski definition) is 3. The SMILES string of the molecule is CCOCCNC(=O)C12CC3CC(O)(CC(CC)(C3)C1)C2. The highest BCUT2D eigenvalue weighted by Gasteiger charge is 2.64. The van der Waals surface area contributed by atoms with Crippen molar-refractivity contribution in [3.8, 4) is 0 Å². The summed E-state index contributed by atoms with van der Waals surface area (Å²) in [6, 6.07) is 0. The van der Waals surface area contributed by atoms with Crippen LogP contribution < -0.4 is 5.32 Å². The first-order valence-electron chi connectivity index (χ1n) is 8.53. The lowest BCUT2D eigenvalue weighted by Crippen LogP contribution is -2.63. The first-order valence-corrected chi connectivity index (χ1v) is 8.53. The molecular weight excluding hydrogens is 266 g/mol. The molecule has 4 fully saturated rings. The molecule has 0 aromatic rings. The molecule has 4 nitrogen and oxygen atoms in total. The van der Waals surface area contributed by atoms with Gasteiger partial charge in [-0.15, -0.1) is 0 Å². The Morgan fingerprint density at radius 3 is 2.71 bits per heavy atom. The van der Waals surface area contributed by atoms with Crippen LogP contribution in [0.15, 0.2) is 0 Å². The summed E-state index contributed by atoms with van der Waals surface area (Å²) in [4.78, 5) is 12.8. The molecular formula is C17H29NO3. The van der Waals surface area contributed by atoms with E-state index in [2.05, 4.69) is 12.2 Å². The highest BCUT2D eigenvalue weighted by atomic mass is 16.5. The Bertz CT molecular complexity index is 426. The molecule has 0 aromatic carbocycles. The fourth-order valence-corrected chi connectivity index (χ4v) is 5.80. The Morgan fingerprint density at radius 2 is 2.05 bits per heavy atom. The van der Waals surface area contributed by atoms with E-state index in [1.165, 1.54) is 6.42 Å². The quantitative estimate of drug-likeness (QED) is 0.739. The standard InChI is InChI=1S/C17H29NO3/c1-3-15-7-13-8-16(10-15,12-17(20,9-13)11-15)14(19)18-5-6-21-4-2/h13,20H,3-12H2,1-2H3,(H,18,19). The van der Waals surface area contributed by atoms with Gasteiger partial charge in [-0.1, -0.05) is 13.3 Å². The van der Waals surface area contributed by atoms with Gasteiger partial charge in [0.2, 0.25) is 5.91 Å². The Balaban J connectivity index is 1.73. The van der Waals surface area contributed by atoms with Crippen molar-refractivity contribution in [1.29, 1.82) is 0 Å². The van der Waals surface area contributed by atoms with Crippen LogP contribution in [0.1, 0.15) is 58.8 Å². The fraction of sp³-hybridized carbons (Fsp3) is 0.941. The second-order valence-electron chi connectivity index (χ2n) is 7.82. The summed E-state index contributed by atoms with van der Waals surface area (Å²) in [6.07, 6.45) is 6.70. The Labute approximate surface area is 127 Å². The molecule has 0 saturated heterocycles. The first-order chi connectivity index (χ1) is 9.95. The van der Waals surface area contributed by atoms with Crippen LogP contribution in [0.4, 0.5) is 0 Å². The number of aliphatic hydroxyl groups is 1. The van der Waals surface area contributed by atoms with Gasteiger partial charge in [-0.05, 0) is 56.8 Å². The van der Waals surface area contributed by atoms with Crippen molar-refractivity contribution in [1.82, 2.24) is 5.32 Å². The second kappa shape index (κ2) is 5.24. The molecule has 4 aliphatic carbocycles. The van der Waals surface area contributed by atoms with E-state index in [1.807, 2.05) is 6.92 Å². The highest BCUT2D eigenvalue weighted by Crippen LogP contribution is 2.67. The maximum atomic E-state index is 12.8. The lowest BCUT2D eigenvalue weighted by molar-refractivity contribution is -0.204. The monoisotopic (exact) mass is 295 g/mol. The molecule has 120 valence electrons. The summed E-state index contributed by atoms with van der Waals surface area (Å²) in [6.45, 7) is 6.02. The van der Waals surface area contributed by atoms with Crippen molar-refractivity contribution in [2.45, 2.75) is 64.4 Å². The highest BCUT2D eigenvalue weighted by molar-refractivity contribution is 5.83. The van der Waals surface area contributed by atoms with Gasteiger partial charge in [0.05, 0.1) is 17.6 Å². The van der Waals surface area contributed by atoms with Crippen LogP contribution in [-0.2, 0) is 9.53 Å². The van der Waals surface area contributed by atoms with E-state index in [0.29, 0.717) is 32.1 Å². The molecule has 4 unspecified atom stereocenters. The number of ether oxygens (including phenoxy) is 1. The molecule has 0 spiro atoms. The van der Waals surface area contributed by atoms with Crippen LogP contribution in [0.5, 0.6) is 0 Å². The third kappa shape index (κ3) is 2.61. The van der Waals surface area contributed by atoms with Gasteiger partial charge < -0.3 is 15.2 Å². The fourth-order valence-electron chi connectivity index (χ4n) is 5.80. The van der Waals surface area contributed by atoms with Crippen LogP contribution in [0.2, 0.25) is 0 Å². The molecule has 0 heterocycles. The van der Waals surface area contributed by atoms with Crippen molar-refractivity contribution >= 4 is 5.91 Å². The predicted octanol–water partition coefficient (Wildman–Crippen LogP) is 2.25. The molecule has 4 aliphatic rings. The molecule has 4 atom stereocenters. The van der Waals surface area contributed by atoms with Crippen LogP contribution in [0.3, 0.4) is 0 Å². The maximum Gasteiger partial charge on any atom is 0.226 e. The smallest absolute Gasteiger partial charge is 0.226 e. The lowest BCUT2D eigenvalue weighted by atomic mass is 9.42. The number of hydrogen-bond donors (Lipinski definition) is 2. The summed E-state index contributed by atoms with van der Waals surface area (Å²) in [5.41, 5.74) is -0.714. The van der Waals surface area contributed by atoms with E-state index in [0.717, 1.165) is 32.1 Å². The second-order valence-corrected chi connectivity index (χ2v) is 7.82. The van der Waals surface area contributed by atoms with Gasteiger partial charge in [-0.25, -0.2) is 0 Å². The summed E-state index contributed by atoms with van der Waals surface area (Å²) >= 11 is 0. The Kier molecular flexibility index (Phi) is 3.81. The molecule has 4 bridgehead atoms. The van der Waals surface area contributed by atoms with Gasteiger partial charge in [0.15, 0.2) is 0 Å². The van der Waals surface area contributed by atoms with E-state index >= 15 is 0 Å². The van der Waals surface area contributed by atoms with Crippen molar-refractivity contribution in [2.24, 2.45) is 16.7 Å². The molecule has 2 N–H and O–H groups in total. The van der Waals surface area contributed by atoms with E-state index < -0.39 is 5.60 Å². The normalized spacial score (nSPS) is 44.0. The van der Waals surface area contributed by atoms with Crippen molar-refractivity contribution in [3.63, 3.8) is 0 Å². The van der Waals surface area contributed by atoms with Crippen LogP contribution in [0, 0.1) is 16.7 Å². The number of rotatable bonds is 6. The topological polar surface area (TPSA) is 58.6 Å². The third-order valence-corrected chi connectivity index (χ3v) is 6.12. The van der Waals surface area contributed by atoms with Crippen LogP contribution in [0.25, 0.3) is 0 Å².